The maximum Gasteiger partial charge on any atom is 0.319 e. The van der Waals surface area contributed by atoms with E-state index < -0.39 is 0 Å². The lowest BCUT2D eigenvalue weighted by molar-refractivity contribution is -0.0140. The van der Waals surface area contributed by atoms with Crippen molar-refractivity contribution in [3.63, 3.8) is 0 Å². The molecule has 8 nitrogen and oxygen atoms in total. The van der Waals surface area contributed by atoms with E-state index in [9.17, 15) is 4.79 Å². The van der Waals surface area contributed by atoms with Crippen molar-refractivity contribution < 1.29 is 9.53 Å². The molecule has 2 N–H and O–H groups in total. The summed E-state index contributed by atoms with van der Waals surface area (Å²) in [5.41, 5.74) is 1.74. The number of hydrogen-bond acceptors (Lipinski definition) is 4. The predicted molar refractivity (Wildman–Crippen MR) is 107 cm³/mol. The molecule has 2 aromatic heterocycles. The van der Waals surface area contributed by atoms with Crippen molar-refractivity contribution in [3.8, 4) is 0 Å². The van der Waals surface area contributed by atoms with Crippen molar-refractivity contribution in [2.24, 2.45) is 0 Å². The van der Waals surface area contributed by atoms with Gasteiger partial charge in [0, 0.05) is 43.2 Å². The minimum Gasteiger partial charge on any atom is -0.368 e. The van der Waals surface area contributed by atoms with E-state index >= 15 is 0 Å². The highest BCUT2D eigenvalue weighted by Gasteiger charge is 2.31. The standard InChI is InChI=1S/C20H26N6O2/c1-3-25-10-9-21-19(25)18-16(6-5-11-28-18)24-20(27)23-15-8-7-14-13-22-26(4-2)17(14)12-15/h7-10,12-13,16,18H,3-6,11H2,1-2H3,(H2,23,24,27)/t16-,18-/m0/s1. The first-order chi connectivity index (χ1) is 13.7. The third-order valence-electron chi connectivity index (χ3n) is 5.18. The summed E-state index contributed by atoms with van der Waals surface area (Å²) in [4.78, 5) is 17.1. The Kier molecular flexibility index (Phi) is 5.29. The van der Waals surface area contributed by atoms with Gasteiger partial charge >= 0.3 is 6.03 Å². The van der Waals surface area contributed by atoms with Crippen LogP contribution in [0.1, 0.15) is 38.6 Å². The third-order valence-corrected chi connectivity index (χ3v) is 5.18. The fourth-order valence-corrected chi connectivity index (χ4v) is 3.76. The van der Waals surface area contributed by atoms with Gasteiger partial charge in [-0.3, -0.25) is 4.68 Å². The minimum atomic E-state index is -0.239. The first-order valence-electron chi connectivity index (χ1n) is 9.85. The van der Waals surface area contributed by atoms with E-state index in [1.54, 1.807) is 6.20 Å². The van der Waals surface area contributed by atoms with Crippen LogP contribution in [0.3, 0.4) is 0 Å². The average molecular weight is 382 g/mol. The summed E-state index contributed by atoms with van der Waals surface area (Å²) in [7, 11) is 0. The Hall–Kier alpha value is -2.87. The zero-order chi connectivity index (χ0) is 19.5. The van der Waals surface area contributed by atoms with Crippen LogP contribution in [0.5, 0.6) is 0 Å². The summed E-state index contributed by atoms with van der Waals surface area (Å²) in [6, 6.07) is 5.45. The lowest BCUT2D eigenvalue weighted by Crippen LogP contribution is -2.45. The molecule has 2 amide bonds. The summed E-state index contributed by atoms with van der Waals surface area (Å²) >= 11 is 0. The summed E-state index contributed by atoms with van der Waals surface area (Å²) in [6.45, 7) is 6.39. The summed E-state index contributed by atoms with van der Waals surface area (Å²) in [6.07, 6.45) is 7.09. The SMILES string of the molecule is CCn1ccnc1[C@H]1OCCC[C@@H]1NC(=O)Nc1ccc2cnn(CC)c2c1. The molecule has 0 bridgehead atoms. The van der Waals surface area contributed by atoms with Crippen LogP contribution in [0.25, 0.3) is 10.9 Å². The van der Waals surface area contributed by atoms with Crippen LogP contribution < -0.4 is 10.6 Å². The number of aryl methyl sites for hydroxylation is 2. The molecule has 0 radical (unpaired) electrons. The molecule has 148 valence electrons. The first-order valence-corrected chi connectivity index (χ1v) is 9.85. The summed E-state index contributed by atoms with van der Waals surface area (Å²) in [5.74, 6) is 0.862. The molecule has 0 unspecified atom stereocenters. The van der Waals surface area contributed by atoms with Gasteiger partial charge in [-0.1, -0.05) is 0 Å². The van der Waals surface area contributed by atoms with E-state index in [1.807, 2.05) is 42.2 Å². The van der Waals surface area contributed by atoms with Crippen LogP contribution in [0.4, 0.5) is 10.5 Å². The van der Waals surface area contributed by atoms with Gasteiger partial charge in [-0.15, -0.1) is 0 Å². The third kappa shape index (κ3) is 3.60. The van der Waals surface area contributed by atoms with E-state index in [2.05, 4.69) is 32.2 Å². The van der Waals surface area contributed by atoms with Gasteiger partial charge in [0.05, 0.1) is 17.8 Å². The number of amides is 2. The highest BCUT2D eigenvalue weighted by Crippen LogP contribution is 2.28. The van der Waals surface area contributed by atoms with Crippen molar-refractivity contribution in [3.05, 3.63) is 42.6 Å². The maximum atomic E-state index is 12.7. The fraction of sp³-hybridized carbons (Fsp3) is 0.450. The number of ether oxygens (including phenoxy) is 1. The Balaban J connectivity index is 1.47. The Morgan fingerprint density at radius 1 is 1.32 bits per heavy atom. The second-order valence-electron chi connectivity index (χ2n) is 6.94. The number of rotatable bonds is 5. The number of aromatic nitrogens is 4. The zero-order valence-corrected chi connectivity index (χ0v) is 16.3. The van der Waals surface area contributed by atoms with Gasteiger partial charge in [0.2, 0.25) is 0 Å². The summed E-state index contributed by atoms with van der Waals surface area (Å²) in [5, 5.41) is 11.4. The molecule has 1 saturated heterocycles. The number of imidazole rings is 1. The van der Waals surface area contributed by atoms with Gasteiger partial charge in [-0.05, 0) is 44.9 Å². The Morgan fingerprint density at radius 3 is 3.04 bits per heavy atom. The molecule has 1 aliphatic heterocycles. The average Bonchev–Trinajstić information content (AvgIpc) is 3.34. The molecule has 4 rings (SSSR count). The number of anilines is 1. The largest absolute Gasteiger partial charge is 0.368 e. The smallest absolute Gasteiger partial charge is 0.319 e. The molecule has 1 aromatic carbocycles. The number of carbonyl (C=O) groups is 1. The molecule has 0 spiro atoms. The summed E-state index contributed by atoms with van der Waals surface area (Å²) < 4.78 is 9.94. The van der Waals surface area contributed by atoms with E-state index in [1.165, 1.54) is 0 Å². The molecule has 28 heavy (non-hydrogen) atoms. The van der Waals surface area contributed by atoms with Crippen LogP contribution in [0.2, 0.25) is 0 Å². The van der Waals surface area contributed by atoms with Crippen LogP contribution in [-0.4, -0.2) is 38.0 Å². The van der Waals surface area contributed by atoms with E-state index in [0.717, 1.165) is 48.3 Å². The second-order valence-corrected chi connectivity index (χ2v) is 6.94. The molecule has 1 fully saturated rings. The van der Waals surface area contributed by atoms with Crippen molar-refractivity contribution in [2.75, 3.05) is 11.9 Å². The monoisotopic (exact) mass is 382 g/mol. The van der Waals surface area contributed by atoms with Gasteiger partial charge in [0.25, 0.3) is 0 Å². The van der Waals surface area contributed by atoms with Crippen LogP contribution in [-0.2, 0) is 17.8 Å². The lowest BCUT2D eigenvalue weighted by atomic mass is 10.0. The van der Waals surface area contributed by atoms with Crippen LogP contribution in [0.15, 0.2) is 36.8 Å². The molecular formula is C20H26N6O2. The number of nitrogens with zero attached hydrogens (tertiary/aromatic N) is 4. The van der Waals surface area contributed by atoms with Gasteiger partial charge in [0.15, 0.2) is 0 Å². The number of fused-ring (bicyclic) bond motifs is 1. The van der Waals surface area contributed by atoms with Crippen molar-refractivity contribution >= 4 is 22.6 Å². The lowest BCUT2D eigenvalue weighted by Gasteiger charge is -2.32. The quantitative estimate of drug-likeness (QED) is 0.709. The van der Waals surface area contributed by atoms with E-state index in [-0.39, 0.29) is 18.2 Å². The molecule has 0 aliphatic carbocycles. The number of hydrogen-bond donors (Lipinski definition) is 2. The number of urea groups is 1. The van der Waals surface area contributed by atoms with E-state index in [0.29, 0.717) is 6.61 Å². The molecule has 1 aliphatic rings. The van der Waals surface area contributed by atoms with Crippen LogP contribution in [0, 0.1) is 0 Å². The number of benzene rings is 1. The highest BCUT2D eigenvalue weighted by molar-refractivity contribution is 5.92. The second kappa shape index (κ2) is 8.02. The Labute approximate surface area is 163 Å². The highest BCUT2D eigenvalue weighted by atomic mass is 16.5. The fourth-order valence-electron chi connectivity index (χ4n) is 3.76. The molecule has 3 aromatic rings. The van der Waals surface area contributed by atoms with Gasteiger partial charge in [-0.25, -0.2) is 9.78 Å². The van der Waals surface area contributed by atoms with E-state index in [4.69, 9.17) is 4.74 Å². The predicted octanol–water partition coefficient (Wildman–Crippen LogP) is 3.31. The van der Waals surface area contributed by atoms with Gasteiger partial charge < -0.3 is 19.9 Å². The minimum absolute atomic E-state index is 0.119. The topological polar surface area (TPSA) is 86.0 Å². The first kappa shape index (κ1) is 18.5. The van der Waals surface area contributed by atoms with Crippen molar-refractivity contribution in [1.29, 1.82) is 0 Å². The Bertz CT molecular complexity index is 963. The normalized spacial score (nSPS) is 19.6. The molecule has 3 heterocycles. The zero-order valence-electron chi connectivity index (χ0n) is 16.3. The van der Waals surface area contributed by atoms with Crippen LogP contribution >= 0.6 is 0 Å². The molecule has 2 atom stereocenters. The number of carbonyl (C=O) groups excluding carboxylic acids is 1. The van der Waals surface area contributed by atoms with Gasteiger partial charge in [-0.2, -0.15) is 5.10 Å². The molecular weight excluding hydrogens is 356 g/mol. The van der Waals surface area contributed by atoms with Gasteiger partial charge in [0.1, 0.15) is 11.9 Å². The molecule has 8 heteroatoms. The Morgan fingerprint density at radius 2 is 2.21 bits per heavy atom. The maximum absolute atomic E-state index is 12.7. The molecule has 0 saturated carbocycles. The van der Waals surface area contributed by atoms with Crippen molar-refractivity contribution in [1.82, 2.24) is 24.6 Å². The van der Waals surface area contributed by atoms with Crippen molar-refractivity contribution in [2.45, 2.75) is 51.9 Å². The number of nitrogens with one attached hydrogen (secondary N) is 2.